The molecule has 0 saturated carbocycles. The molecule has 1 atom stereocenters. The van der Waals surface area contributed by atoms with Crippen molar-refractivity contribution in [3.63, 3.8) is 0 Å². The number of amides is 2. The first-order valence-electron chi connectivity index (χ1n) is 9.90. The minimum absolute atomic E-state index is 0.0189. The van der Waals surface area contributed by atoms with Gasteiger partial charge in [0.05, 0.1) is 17.9 Å². The van der Waals surface area contributed by atoms with Crippen LogP contribution in [0.4, 0.5) is 11.4 Å². The van der Waals surface area contributed by atoms with Gasteiger partial charge in [0.1, 0.15) is 5.25 Å². The average Bonchev–Trinajstić information content (AvgIpc) is 3.01. The number of amidine groups is 1. The van der Waals surface area contributed by atoms with Crippen LogP contribution in [0.2, 0.25) is 10.0 Å². The second-order valence-electron chi connectivity index (χ2n) is 6.76. The van der Waals surface area contributed by atoms with Crippen LogP contribution in [0.15, 0.2) is 47.5 Å². The number of anilines is 1. The molecule has 7 nitrogen and oxygen atoms in total. The van der Waals surface area contributed by atoms with E-state index in [4.69, 9.17) is 27.9 Å². The molecule has 1 saturated heterocycles. The number of halogens is 2. The summed E-state index contributed by atoms with van der Waals surface area (Å²) < 4.78 is 4.94. The molecule has 0 radical (unpaired) electrons. The smallest absolute Gasteiger partial charge is 0.338 e. The summed E-state index contributed by atoms with van der Waals surface area (Å²) in [6, 6.07) is 11.3. The predicted octanol–water partition coefficient (Wildman–Crippen LogP) is 5.15. The summed E-state index contributed by atoms with van der Waals surface area (Å²) in [4.78, 5) is 43.1. The molecule has 0 aliphatic carbocycles. The number of ether oxygens (including phenoxy) is 1. The molecule has 1 unspecified atom stereocenters. The molecule has 1 aliphatic heterocycles. The standard InChI is InChI=1S/C22H21Cl2N3O4S/c1-3-27-20(29)18(32-22(27)26-17-10-14(23)9-15(24)11-17)12-19(28)25-16-7-5-13(6-8-16)21(30)31-4-2/h5-11,18H,3-4,12H2,1-2H3,(H,25,28). The Morgan fingerprint density at radius 3 is 2.38 bits per heavy atom. The van der Waals surface area contributed by atoms with Crippen molar-refractivity contribution in [1.29, 1.82) is 0 Å². The van der Waals surface area contributed by atoms with Gasteiger partial charge in [0.25, 0.3) is 0 Å². The van der Waals surface area contributed by atoms with Gasteiger partial charge in [-0.2, -0.15) is 0 Å². The van der Waals surface area contributed by atoms with Gasteiger partial charge in [-0.1, -0.05) is 35.0 Å². The molecule has 0 aromatic heterocycles. The van der Waals surface area contributed by atoms with Crippen LogP contribution in [0.5, 0.6) is 0 Å². The van der Waals surface area contributed by atoms with Gasteiger partial charge in [-0.05, 0) is 56.3 Å². The monoisotopic (exact) mass is 493 g/mol. The Morgan fingerprint density at radius 1 is 1.12 bits per heavy atom. The van der Waals surface area contributed by atoms with E-state index in [1.165, 1.54) is 16.7 Å². The summed E-state index contributed by atoms with van der Waals surface area (Å²) in [5.74, 6) is -0.925. The number of thioether (sulfide) groups is 1. The SMILES string of the molecule is CCOC(=O)c1ccc(NC(=O)CC2SC(=Nc3cc(Cl)cc(Cl)c3)N(CC)C2=O)cc1. The van der Waals surface area contributed by atoms with E-state index in [2.05, 4.69) is 10.3 Å². The zero-order chi connectivity index (χ0) is 23.3. The molecule has 3 rings (SSSR count). The van der Waals surface area contributed by atoms with Gasteiger partial charge < -0.3 is 10.1 Å². The molecule has 1 aliphatic rings. The van der Waals surface area contributed by atoms with Crippen molar-refractivity contribution in [2.45, 2.75) is 25.5 Å². The van der Waals surface area contributed by atoms with Gasteiger partial charge in [0, 0.05) is 28.7 Å². The molecule has 0 spiro atoms. The summed E-state index contributed by atoms with van der Waals surface area (Å²) in [5.41, 5.74) is 1.45. The first-order chi connectivity index (χ1) is 15.3. The van der Waals surface area contributed by atoms with Gasteiger partial charge in [0.2, 0.25) is 11.8 Å². The van der Waals surface area contributed by atoms with Crippen molar-refractivity contribution in [2.24, 2.45) is 4.99 Å². The third-order valence-electron chi connectivity index (χ3n) is 4.46. The minimum atomic E-state index is -0.595. The Kier molecular flexibility index (Phi) is 8.17. The van der Waals surface area contributed by atoms with Crippen molar-refractivity contribution in [1.82, 2.24) is 4.90 Å². The third-order valence-corrected chi connectivity index (χ3v) is 6.07. The normalized spacial score (nSPS) is 17.0. The molecule has 2 aromatic carbocycles. The number of nitrogens with zero attached hydrogens (tertiary/aromatic N) is 2. The van der Waals surface area contributed by atoms with E-state index < -0.39 is 11.2 Å². The molecule has 0 bridgehead atoms. The molecule has 1 heterocycles. The lowest BCUT2D eigenvalue weighted by Crippen LogP contribution is -2.33. The maximum absolute atomic E-state index is 12.8. The van der Waals surface area contributed by atoms with Crippen molar-refractivity contribution in [2.75, 3.05) is 18.5 Å². The van der Waals surface area contributed by atoms with Crippen LogP contribution in [0.25, 0.3) is 0 Å². The van der Waals surface area contributed by atoms with Crippen molar-refractivity contribution < 1.29 is 19.1 Å². The van der Waals surface area contributed by atoms with E-state index in [1.807, 2.05) is 6.92 Å². The van der Waals surface area contributed by atoms with Gasteiger partial charge in [0.15, 0.2) is 5.17 Å². The van der Waals surface area contributed by atoms with E-state index in [0.29, 0.717) is 38.7 Å². The number of esters is 1. The van der Waals surface area contributed by atoms with Crippen LogP contribution >= 0.6 is 35.0 Å². The summed E-state index contributed by atoms with van der Waals surface area (Å²) in [5, 5.41) is 3.53. The summed E-state index contributed by atoms with van der Waals surface area (Å²) in [6.07, 6.45) is -0.0189. The molecule has 1 fully saturated rings. The van der Waals surface area contributed by atoms with Crippen LogP contribution < -0.4 is 5.32 Å². The number of aliphatic imine (C=N–C) groups is 1. The summed E-state index contributed by atoms with van der Waals surface area (Å²) in [7, 11) is 0. The first-order valence-corrected chi connectivity index (χ1v) is 11.5. The van der Waals surface area contributed by atoms with Gasteiger partial charge in [-0.3, -0.25) is 14.5 Å². The molecule has 2 aromatic rings. The van der Waals surface area contributed by atoms with E-state index in [0.717, 1.165) is 0 Å². The second kappa shape index (κ2) is 10.8. The predicted molar refractivity (Wildman–Crippen MR) is 128 cm³/mol. The van der Waals surface area contributed by atoms with E-state index in [-0.39, 0.29) is 24.8 Å². The lowest BCUT2D eigenvalue weighted by atomic mass is 10.2. The molecule has 10 heteroatoms. The number of carbonyl (C=O) groups is 3. The number of nitrogens with one attached hydrogen (secondary N) is 1. The lowest BCUT2D eigenvalue weighted by molar-refractivity contribution is -0.128. The molecule has 168 valence electrons. The Balaban J connectivity index is 1.66. The Bertz CT molecular complexity index is 1040. The Morgan fingerprint density at radius 2 is 1.78 bits per heavy atom. The topological polar surface area (TPSA) is 88.1 Å². The Labute approximate surface area is 200 Å². The highest BCUT2D eigenvalue weighted by molar-refractivity contribution is 8.15. The number of carbonyl (C=O) groups excluding carboxylic acids is 3. The lowest BCUT2D eigenvalue weighted by Gasteiger charge is -2.13. The summed E-state index contributed by atoms with van der Waals surface area (Å²) in [6.45, 7) is 4.28. The quantitative estimate of drug-likeness (QED) is 0.538. The van der Waals surface area contributed by atoms with Crippen LogP contribution in [0, 0.1) is 0 Å². The maximum atomic E-state index is 12.8. The van der Waals surface area contributed by atoms with Gasteiger partial charge >= 0.3 is 5.97 Å². The highest BCUT2D eigenvalue weighted by Gasteiger charge is 2.38. The minimum Gasteiger partial charge on any atom is -0.462 e. The zero-order valence-corrected chi connectivity index (χ0v) is 19.8. The van der Waals surface area contributed by atoms with E-state index in [9.17, 15) is 14.4 Å². The zero-order valence-electron chi connectivity index (χ0n) is 17.4. The molecule has 2 amide bonds. The highest BCUT2D eigenvalue weighted by Crippen LogP contribution is 2.33. The molecular weight excluding hydrogens is 473 g/mol. The first kappa shape index (κ1) is 24.1. The van der Waals surface area contributed by atoms with Crippen molar-refractivity contribution >= 4 is 69.3 Å². The van der Waals surface area contributed by atoms with Crippen LogP contribution in [-0.2, 0) is 14.3 Å². The number of rotatable bonds is 7. The van der Waals surface area contributed by atoms with Crippen molar-refractivity contribution in [3.8, 4) is 0 Å². The molecular formula is C22H21Cl2N3O4S. The van der Waals surface area contributed by atoms with E-state index in [1.54, 1.807) is 49.4 Å². The molecule has 1 N–H and O–H groups in total. The number of hydrogen-bond donors (Lipinski definition) is 1. The van der Waals surface area contributed by atoms with E-state index >= 15 is 0 Å². The third kappa shape index (κ3) is 6.03. The van der Waals surface area contributed by atoms with Gasteiger partial charge in [-0.15, -0.1) is 0 Å². The van der Waals surface area contributed by atoms with Crippen molar-refractivity contribution in [3.05, 3.63) is 58.1 Å². The number of benzene rings is 2. The maximum Gasteiger partial charge on any atom is 0.338 e. The Hall–Kier alpha value is -2.55. The fraction of sp³-hybridized carbons (Fsp3) is 0.273. The van der Waals surface area contributed by atoms with Crippen LogP contribution in [0.1, 0.15) is 30.6 Å². The highest BCUT2D eigenvalue weighted by atomic mass is 35.5. The fourth-order valence-corrected chi connectivity index (χ4v) is 4.75. The van der Waals surface area contributed by atoms with Crippen LogP contribution in [-0.4, -0.2) is 46.3 Å². The average molecular weight is 494 g/mol. The van der Waals surface area contributed by atoms with Crippen LogP contribution in [0.3, 0.4) is 0 Å². The summed E-state index contributed by atoms with van der Waals surface area (Å²) >= 11 is 13.3. The largest absolute Gasteiger partial charge is 0.462 e. The fourth-order valence-electron chi connectivity index (χ4n) is 3.01. The molecule has 32 heavy (non-hydrogen) atoms. The number of hydrogen-bond acceptors (Lipinski definition) is 6. The van der Waals surface area contributed by atoms with Gasteiger partial charge in [-0.25, -0.2) is 9.79 Å². The second-order valence-corrected chi connectivity index (χ2v) is 8.80.